The number of unbranched alkanes of at least 4 members (excludes halogenated alkanes) is 1. The summed E-state index contributed by atoms with van der Waals surface area (Å²) < 4.78 is 11.0. The largest absolute Gasteiger partial charge is 0.422 e. The summed E-state index contributed by atoms with van der Waals surface area (Å²) in [7, 11) is 0. The van der Waals surface area contributed by atoms with Gasteiger partial charge in [0.05, 0.1) is 16.5 Å². The molecule has 3 rings (SSSR count). The summed E-state index contributed by atoms with van der Waals surface area (Å²) in [6.07, 6.45) is 2.21. The first-order valence-electron chi connectivity index (χ1n) is 8.12. The van der Waals surface area contributed by atoms with Crippen LogP contribution in [0, 0.1) is 0 Å². The van der Waals surface area contributed by atoms with Crippen molar-refractivity contribution in [3.05, 3.63) is 75.1 Å². The topological polar surface area (TPSA) is 56.5 Å². The average molecular weight is 357 g/mol. The number of fused-ring (bicyclic) bond motifs is 1. The molecule has 5 heteroatoms. The Morgan fingerprint density at radius 1 is 1.12 bits per heavy atom. The summed E-state index contributed by atoms with van der Waals surface area (Å²) in [6.45, 7) is 2.03. The standard InChI is InChI=1S/C20H17ClO4/c1-2-3-6-16-18(15-7-4-5-8-17(15)24-20(16)23)25-19(22)13-9-11-14(21)12-10-13/h4-5,7-12H,2-3,6H2,1H3. The summed E-state index contributed by atoms with van der Waals surface area (Å²) in [4.78, 5) is 24.9. The van der Waals surface area contributed by atoms with Crippen molar-refractivity contribution in [2.24, 2.45) is 0 Å². The number of halogens is 1. The van der Waals surface area contributed by atoms with Gasteiger partial charge in [0.25, 0.3) is 0 Å². The molecule has 0 saturated carbocycles. The van der Waals surface area contributed by atoms with Crippen molar-refractivity contribution in [3.63, 3.8) is 0 Å². The second kappa shape index (κ2) is 7.53. The van der Waals surface area contributed by atoms with Crippen LogP contribution in [0.4, 0.5) is 0 Å². The highest BCUT2D eigenvalue weighted by Gasteiger charge is 2.19. The van der Waals surface area contributed by atoms with Gasteiger partial charge in [-0.2, -0.15) is 0 Å². The number of para-hydroxylation sites is 1. The predicted molar refractivity (Wildman–Crippen MR) is 97.5 cm³/mol. The number of hydrogen-bond acceptors (Lipinski definition) is 4. The molecule has 0 atom stereocenters. The van der Waals surface area contributed by atoms with E-state index in [2.05, 4.69) is 0 Å². The highest BCUT2D eigenvalue weighted by atomic mass is 35.5. The molecule has 3 aromatic rings. The fourth-order valence-electron chi connectivity index (χ4n) is 2.58. The lowest BCUT2D eigenvalue weighted by molar-refractivity contribution is 0.0734. The van der Waals surface area contributed by atoms with E-state index in [1.807, 2.05) is 13.0 Å². The first-order valence-corrected chi connectivity index (χ1v) is 8.50. The van der Waals surface area contributed by atoms with Crippen molar-refractivity contribution in [1.82, 2.24) is 0 Å². The third kappa shape index (κ3) is 3.74. The van der Waals surface area contributed by atoms with E-state index >= 15 is 0 Å². The lowest BCUT2D eigenvalue weighted by Gasteiger charge is -2.11. The maximum Gasteiger partial charge on any atom is 0.343 e. The molecule has 0 radical (unpaired) electrons. The molecule has 0 aliphatic rings. The monoisotopic (exact) mass is 356 g/mol. The van der Waals surface area contributed by atoms with Crippen molar-refractivity contribution in [1.29, 1.82) is 0 Å². The Morgan fingerprint density at radius 3 is 2.56 bits per heavy atom. The molecular formula is C20H17ClO4. The first kappa shape index (κ1) is 17.2. The van der Waals surface area contributed by atoms with Gasteiger partial charge in [0.1, 0.15) is 5.58 Å². The van der Waals surface area contributed by atoms with E-state index in [0.717, 1.165) is 12.8 Å². The number of carbonyl (C=O) groups excluding carboxylic acids is 1. The first-order chi connectivity index (χ1) is 12.1. The molecule has 0 saturated heterocycles. The maximum absolute atomic E-state index is 12.5. The van der Waals surface area contributed by atoms with Gasteiger partial charge in [0.15, 0.2) is 5.75 Å². The van der Waals surface area contributed by atoms with Crippen LogP contribution in [-0.4, -0.2) is 5.97 Å². The van der Waals surface area contributed by atoms with Gasteiger partial charge in [-0.3, -0.25) is 0 Å². The summed E-state index contributed by atoms with van der Waals surface area (Å²) in [5, 5.41) is 1.14. The Kier molecular flexibility index (Phi) is 5.19. The normalized spacial score (nSPS) is 10.8. The molecule has 4 nitrogen and oxygen atoms in total. The zero-order valence-corrected chi connectivity index (χ0v) is 14.5. The molecule has 0 bridgehead atoms. The van der Waals surface area contributed by atoms with E-state index in [4.69, 9.17) is 20.8 Å². The van der Waals surface area contributed by atoms with E-state index in [-0.39, 0.29) is 5.75 Å². The van der Waals surface area contributed by atoms with Crippen LogP contribution in [0.2, 0.25) is 5.02 Å². The lowest BCUT2D eigenvalue weighted by Crippen LogP contribution is -2.15. The summed E-state index contributed by atoms with van der Waals surface area (Å²) >= 11 is 5.85. The van der Waals surface area contributed by atoms with Gasteiger partial charge < -0.3 is 9.15 Å². The summed E-state index contributed by atoms with van der Waals surface area (Å²) in [5.74, 6) is -0.259. The minimum Gasteiger partial charge on any atom is -0.422 e. The molecule has 1 aromatic heterocycles. The van der Waals surface area contributed by atoms with Crippen molar-refractivity contribution < 1.29 is 13.9 Å². The van der Waals surface area contributed by atoms with Crippen LogP contribution in [0.25, 0.3) is 11.0 Å². The number of rotatable bonds is 5. The number of carbonyl (C=O) groups is 1. The summed E-state index contributed by atoms with van der Waals surface area (Å²) in [6, 6.07) is 13.4. The molecule has 0 aliphatic heterocycles. The minimum absolute atomic E-state index is 0.278. The van der Waals surface area contributed by atoms with E-state index in [1.54, 1.807) is 42.5 Å². The zero-order valence-electron chi connectivity index (χ0n) is 13.8. The third-order valence-corrected chi connectivity index (χ3v) is 4.16. The van der Waals surface area contributed by atoms with Gasteiger partial charge in [0, 0.05) is 5.02 Å². The van der Waals surface area contributed by atoms with E-state index in [1.165, 1.54) is 0 Å². The van der Waals surface area contributed by atoms with Gasteiger partial charge in [-0.1, -0.05) is 37.1 Å². The second-order valence-corrected chi connectivity index (χ2v) is 6.13. The van der Waals surface area contributed by atoms with E-state index in [0.29, 0.717) is 33.5 Å². The molecule has 25 heavy (non-hydrogen) atoms. The Morgan fingerprint density at radius 2 is 1.84 bits per heavy atom. The van der Waals surface area contributed by atoms with Gasteiger partial charge in [-0.25, -0.2) is 9.59 Å². The number of benzene rings is 2. The average Bonchev–Trinajstić information content (AvgIpc) is 2.61. The van der Waals surface area contributed by atoms with E-state index in [9.17, 15) is 9.59 Å². The molecule has 2 aromatic carbocycles. The molecule has 0 N–H and O–H groups in total. The minimum atomic E-state index is -0.537. The maximum atomic E-state index is 12.5. The van der Waals surface area contributed by atoms with Gasteiger partial charge in [0.2, 0.25) is 0 Å². The smallest absolute Gasteiger partial charge is 0.343 e. The van der Waals surface area contributed by atoms with Crippen LogP contribution >= 0.6 is 11.6 Å². The molecule has 0 spiro atoms. The molecule has 0 unspecified atom stereocenters. The van der Waals surface area contributed by atoms with Gasteiger partial charge in [-0.15, -0.1) is 0 Å². The van der Waals surface area contributed by atoms with Crippen molar-refractivity contribution >= 4 is 28.5 Å². The highest BCUT2D eigenvalue weighted by Crippen LogP contribution is 2.29. The van der Waals surface area contributed by atoms with Crippen molar-refractivity contribution in [3.8, 4) is 5.75 Å². The zero-order chi connectivity index (χ0) is 17.8. The third-order valence-electron chi connectivity index (χ3n) is 3.91. The van der Waals surface area contributed by atoms with Crippen LogP contribution in [0.1, 0.15) is 35.7 Å². The Hall–Kier alpha value is -2.59. The molecule has 0 fully saturated rings. The van der Waals surface area contributed by atoms with Crippen LogP contribution in [-0.2, 0) is 6.42 Å². The Labute approximate surface area is 150 Å². The fourth-order valence-corrected chi connectivity index (χ4v) is 2.71. The quantitative estimate of drug-likeness (QED) is 0.476. The second-order valence-electron chi connectivity index (χ2n) is 5.69. The SMILES string of the molecule is CCCCc1c(OC(=O)c2ccc(Cl)cc2)c2ccccc2oc1=O. The fraction of sp³-hybridized carbons (Fsp3) is 0.200. The van der Waals surface area contributed by atoms with Gasteiger partial charge >= 0.3 is 11.6 Å². The number of esters is 1. The molecular weight excluding hydrogens is 340 g/mol. The van der Waals surface area contributed by atoms with Crippen LogP contribution < -0.4 is 10.4 Å². The van der Waals surface area contributed by atoms with Crippen molar-refractivity contribution in [2.75, 3.05) is 0 Å². The molecule has 0 aliphatic carbocycles. The molecule has 128 valence electrons. The molecule has 1 heterocycles. The van der Waals surface area contributed by atoms with Crippen LogP contribution in [0.5, 0.6) is 5.75 Å². The summed E-state index contributed by atoms with van der Waals surface area (Å²) in [5.41, 5.74) is 0.684. The lowest BCUT2D eigenvalue weighted by atomic mass is 10.1. The van der Waals surface area contributed by atoms with Crippen LogP contribution in [0.15, 0.2) is 57.7 Å². The predicted octanol–water partition coefficient (Wildman–Crippen LogP) is 5.01. The van der Waals surface area contributed by atoms with Crippen molar-refractivity contribution in [2.45, 2.75) is 26.2 Å². The van der Waals surface area contributed by atoms with Crippen LogP contribution in [0.3, 0.4) is 0 Å². The highest BCUT2D eigenvalue weighted by molar-refractivity contribution is 6.30. The number of hydrogen-bond donors (Lipinski definition) is 0. The molecule has 0 amide bonds. The van der Waals surface area contributed by atoms with Gasteiger partial charge in [-0.05, 0) is 49.2 Å². The Balaban J connectivity index is 2.07. The van der Waals surface area contributed by atoms with E-state index < -0.39 is 11.6 Å². The number of ether oxygens (including phenoxy) is 1. The Bertz CT molecular complexity index is 958.